The van der Waals surface area contributed by atoms with Gasteiger partial charge in [0.15, 0.2) is 0 Å². The molecule has 0 radical (unpaired) electrons. The lowest BCUT2D eigenvalue weighted by molar-refractivity contribution is 0.450. The molecule has 8 heteroatoms. The van der Waals surface area contributed by atoms with Gasteiger partial charge in [-0.25, -0.2) is 4.21 Å². The third-order valence-corrected chi connectivity index (χ3v) is 7.97. The fourth-order valence-corrected chi connectivity index (χ4v) is 6.03. The molecule has 0 saturated heterocycles. The lowest BCUT2D eigenvalue weighted by Crippen LogP contribution is -2.38. The maximum atomic E-state index is 13.8. The average Bonchev–Trinajstić information content (AvgIpc) is 3.34. The second-order valence-electron chi connectivity index (χ2n) is 8.05. The SMILES string of the molecule is CS(=O)(=Nc1nnnn1C(c1ccccc1)(c1ccccc1)c1ccccc1)c1cccc(Br)c1. The molecule has 1 heterocycles. The van der Waals surface area contributed by atoms with E-state index >= 15 is 0 Å². The summed E-state index contributed by atoms with van der Waals surface area (Å²) in [6.07, 6.45) is 1.60. The number of rotatable bonds is 6. The number of tetrazole rings is 1. The van der Waals surface area contributed by atoms with Gasteiger partial charge >= 0.3 is 0 Å². The molecule has 1 atom stereocenters. The maximum Gasteiger partial charge on any atom is 0.279 e. The van der Waals surface area contributed by atoms with Gasteiger partial charge in [0.1, 0.15) is 5.54 Å². The average molecular weight is 544 g/mol. The Balaban J connectivity index is 1.85. The molecule has 35 heavy (non-hydrogen) atoms. The van der Waals surface area contributed by atoms with Crippen molar-refractivity contribution >= 4 is 31.6 Å². The van der Waals surface area contributed by atoms with Crippen LogP contribution in [0, 0.1) is 0 Å². The molecule has 6 nitrogen and oxygen atoms in total. The Hall–Kier alpha value is -3.62. The predicted molar refractivity (Wildman–Crippen MR) is 141 cm³/mol. The molecule has 0 fully saturated rings. The van der Waals surface area contributed by atoms with Gasteiger partial charge in [-0.05, 0) is 45.3 Å². The van der Waals surface area contributed by atoms with Crippen LogP contribution in [-0.4, -0.2) is 30.7 Å². The second-order valence-corrected chi connectivity index (χ2v) is 11.2. The van der Waals surface area contributed by atoms with E-state index in [0.717, 1.165) is 21.2 Å². The summed E-state index contributed by atoms with van der Waals surface area (Å²) in [5.41, 5.74) is 1.91. The monoisotopic (exact) mass is 543 g/mol. The molecule has 0 amide bonds. The Morgan fingerprint density at radius 3 is 1.77 bits per heavy atom. The van der Waals surface area contributed by atoms with Crippen molar-refractivity contribution in [2.24, 2.45) is 4.36 Å². The number of hydrogen-bond donors (Lipinski definition) is 0. The molecular weight excluding hydrogens is 522 g/mol. The number of aromatic nitrogens is 4. The van der Waals surface area contributed by atoms with Gasteiger partial charge in [-0.15, -0.1) is 0 Å². The van der Waals surface area contributed by atoms with Crippen molar-refractivity contribution < 1.29 is 4.21 Å². The molecule has 0 aliphatic heterocycles. The minimum absolute atomic E-state index is 0.175. The highest BCUT2D eigenvalue weighted by molar-refractivity contribution is 9.10. The molecular formula is C27H22BrN5OS. The molecule has 0 bridgehead atoms. The van der Waals surface area contributed by atoms with E-state index in [0.29, 0.717) is 4.90 Å². The van der Waals surface area contributed by atoms with Gasteiger partial charge in [-0.2, -0.15) is 9.04 Å². The third kappa shape index (κ3) is 4.31. The first-order chi connectivity index (χ1) is 17.0. The highest BCUT2D eigenvalue weighted by Crippen LogP contribution is 2.42. The number of benzene rings is 4. The molecule has 0 saturated carbocycles. The lowest BCUT2D eigenvalue weighted by Gasteiger charge is -2.35. The van der Waals surface area contributed by atoms with Crippen LogP contribution in [-0.2, 0) is 15.3 Å². The fraction of sp³-hybridized carbons (Fsp3) is 0.0741. The smallest absolute Gasteiger partial charge is 0.245 e. The number of nitrogens with zero attached hydrogens (tertiary/aromatic N) is 5. The van der Waals surface area contributed by atoms with Crippen molar-refractivity contribution in [3.05, 3.63) is 136 Å². The summed E-state index contributed by atoms with van der Waals surface area (Å²) >= 11 is 3.46. The zero-order valence-electron chi connectivity index (χ0n) is 18.9. The molecule has 1 unspecified atom stereocenters. The minimum Gasteiger partial charge on any atom is -0.245 e. The molecule has 1 aromatic heterocycles. The van der Waals surface area contributed by atoms with Gasteiger partial charge < -0.3 is 0 Å². The molecule has 0 N–H and O–H groups in total. The molecule has 5 aromatic rings. The van der Waals surface area contributed by atoms with E-state index in [1.165, 1.54) is 0 Å². The topological polar surface area (TPSA) is 73.0 Å². The van der Waals surface area contributed by atoms with E-state index in [1.54, 1.807) is 23.1 Å². The molecule has 0 spiro atoms. The van der Waals surface area contributed by atoms with E-state index in [4.69, 9.17) is 0 Å². The summed E-state index contributed by atoms with van der Waals surface area (Å²) < 4.78 is 20.9. The van der Waals surface area contributed by atoms with Crippen LogP contribution in [0.4, 0.5) is 5.95 Å². The van der Waals surface area contributed by atoms with Crippen molar-refractivity contribution in [3.63, 3.8) is 0 Å². The first kappa shape index (κ1) is 23.1. The van der Waals surface area contributed by atoms with E-state index in [-0.39, 0.29) is 5.95 Å². The van der Waals surface area contributed by atoms with E-state index in [1.807, 2.05) is 103 Å². The van der Waals surface area contributed by atoms with Crippen LogP contribution in [0.5, 0.6) is 0 Å². The first-order valence-electron chi connectivity index (χ1n) is 10.9. The van der Waals surface area contributed by atoms with E-state index < -0.39 is 15.3 Å². The normalized spacial score (nSPS) is 13.2. The van der Waals surface area contributed by atoms with Gasteiger partial charge in [0.05, 0.1) is 9.73 Å². The molecule has 5 rings (SSSR count). The van der Waals surface area contributed by atoms with Crippen LogP contribution < -0.4 is 0 Å². The standard InChI is InChI=1S/C27H22BrN5OS/c1-35(34,25-19-11-18-24(28)20-25)30-26-29-31-32-33(26)27(21-12-5-2-6-13-21,22-14-7-3-8-15-22)23-16-9-4-10-17-23/h2-20H,1H3. The van der Waals surface area contributed by atoms with Crippen molar-refractivity contribution in [2.75, 3.05) is 6.26 Å². The molecule has 174 valence electrons. The molecule has 0 aliphatic rings. The molecule has 4 aromatic carbocycles. The lowest BCUT2D eigenvalue weighted by atomic mass is 9.77. The Bertz CT molecular complexity index is 1470. The Labute approximate surface area is 213 Å². The van der Waals surface area contributed by atoms with Crippen molar-refractivity contribution in [1.82, 2.24) is 20.2 Å². The zero-order chi connectivity index (χ0) is 24.3. The third-order valence-electron chi connectivity index (χ3n) is 5.83. The highest BCUT2D eigenvalue weighted by atomic mass is 79.9. The van der Waals surface area contributed by atoms with Crippen LogP contribution >= 0.6 is 15.9 Å². The molecule has 0 aliphatic carbocycles. The van der Waals surface area contributed by atoms with Gasteiger partial charge in [0.25, 0.3) is 5.95 Å². The summed E-state index contributed by atoms with van der Waals surface area (Å²) in [7, 11) is -2.85. The first-order valence-corrected chi connectivity index (χ1v) is 13.7. The van der Waals surface area contributed by atoms with Crippen molar-refractivity contribution in [3.8, 4) is 0 Å². The summed E-state index contributed by atoms with van der Waals surface area (Å²) in [6.45, 7) is 0. The summed E-state index contributed by atoms with van der Waals surface area (Å²) in [6, 6.07) is 37.4. The number of halogens is 1. The van der Waals surface area contributed by atoms with Crippen LogP contribution in [0.3, 0.4) is 0 Å². The Morgan fingerprint density at radius 2 is 1.29 bits per heavy atom. The maximum absolute atomic E-state index is 13.8. The van der Waals surface area contributed by atoms with Crippen molar-refractivity contribution in [1.29, 1.82) is 0 Å². The van der Waals surface area contributed by atoms with Crippen LogP contribution in [0.1, 0.15) is 16.7 Å². The predicted octanol–water partition coefficient (Wildman–Crippen LogP) is 6.06. The van der Waals surface area contributed by atoms with Crippen molar-refractivity contribution in [2.45, 2.75) is 10.4 Å². The summed E-state index contributed by atoms with van der Waals surface area (Å²) in [5.74, 6) is 0.175. The summed E-state index contributed by atoms with van der Waals surface area (Å²) in [4.78, 5) is 0.589. The second kappa shape index (κ2) is 9.56. The number of hydrogen-bond acceptors (Lipinski definition) is 5. The quantitative estimate of drug-likeness (QED) is 0.244. The van der Waals surface area contributed by atoms with E-state index in [9.17, 15) is 4.21 Å². The van der Waals surface area contributed by atoms with Gasteiger partial charge in [-0.1, -0.05) is 118 Å². The zero-order valence-corrected chi connectivity index (χ0v) is 21.3. The Morgan fingerprint density at radius 1 is 0.771 bits per heavy atom. The summed E-state index contributed by atoms with van der Waals surface area (Å²) in [5, 5.41) is 12.7. The van der Waals surface area contributed by atoms with Crippen LogP contribution in [0.25, 0.3) is 0 Å². The van der Waals surface area contributed by atoms with E-state index in [2.05, 4.69) is 35.8 Å². The van der Waals surface area contributed by atoms with Gasteiger partial charge in [0.2, 0.25) is 0 Å². The van der Waals surface area contributed by atoms with Crippen LogP contribution in [0.15, 0.2) is 129 Å². The minimum atomic E-state index is -2.85. The Kier molecular flexibility index (Phi) is 6.32. The van der Waals surface area contributed by atoms with Gasteiger partial charge in [-0.3, -0.25) is 0 Å². The highest BCUT2D eigenvalue weighted by Gasteiger charge is 2.41. The van der Waals surface area contributed by atoms with Crippen LogP contribution in [0.2, 0.25) is 0 Å². The van der Waals surface area contributed by atoms with Gasteiger partial charge in [0, 0.05) is 15.6 Å². The fourth-order valence-electron chi connectivity index (χ4n) is 4.27. The largest absolute Gasteiger partial charge is 0.279 e.